The van der Waals surface area contributed by atoms with Crippen molar-refractivity contribution in [2.45, 2.75) is 51.6 Å². The first-order valence-corrected chi connectivity index (χ1v) is 6.61. The lowest BCUT2D eigenvalue weighted by molar-refractivity contribution is 0.427. The molecule has 2 rings (SSSR count). The largest absolute Gasteiger partial charge is 0.371 e. The number of pyridine rings is 1. The monoisotopic (exact) mass is 233 g/mol. The minimum Gasteiger partial charge on any atom is -0.371 e. The molecule has 0 bridgehead atoms. The van der Waals surface area contributed by atoms with Crippen LogP contribution < -0.4 is 10.6 Å². The smallest absolute Gasteiger partial charge is 0.0445 e. The zero-order valence-corrected chi connectivity index (χ0v) is 10.9. The fourth-order valence-electron chi connectivity index (χ4n) is 2.72. The van der Waals surface area contributed by atoms with E-state index in [2.05, 4.69) is 23.0 Å². The van der Waals surface area contributed by atoms with E-state index in [9.17, 15) is 0 Å². The Morgan fingerprint density at radius 2 is 2.06 bits per heavy atom. The summed E-state index contributed by atoms with van der Waals surface area (Å²) >= 11 is 0. The third-order valence-corrected chi connectivity index (χ3v) is 3.82. The van der Waals surface area contributed by atoms with Gasteiger partial charge in [0, 0.05) is 42.8 Å². The second-order valence-corrected chi connectivity index (χ2v) is 5.06. The van der Waals surface area contributed by atoms with E-state index in [4.69, 9.17) is 5.73 Å². The van der Waals surface area contributed by atoms with Crippen molar-refractivity contribution in [3.05, 3.63) is 23.5 Å². The van der Waals surface area contributed by atoms with Gasteiger partial charge in [-0.3, -0.25) is 4.98 Å². The zero-order chi connectivity index (χ0) is 12.3. The summed E-state index contributed by atoms with van der Waals surface area (Å²) in [5.74, 6) is 0. The normalized spacial score (nSPS) is 17.1. The van der Waals surface area contributed by atoms with Crippen LogP contribution in [-0.4, -0.2) is 18.1 Å². The maximum Gasteiger partial charge on any atom is 0.0445 e. The molecule has 1 aliphatic rings. The van der Waals surface area contributed by atoms with E-state index in [1.165, 1.54) is 37.8 Å². The van der Waals surface area contributed by atoms with Crippen molar-refractivity contribution in [2.24, 2.45) is 5.73 Å². The first-order chi connectivity index (χ1) is 8.22. The van der Waals surface area contributed by atoms with Crippen LogP contribution in [0.3, 0.4) is 0 Å². The molecule has 17 heavy (non-hydrogen) atoms. The van der Waals surface area contributed by atoms with Gasteiger partial charge < -0.3 is 10.6 Å². The molecule has 0 saturated heterocycles. The molecule has 1 saturated carbocycles. The number of nitrogens with zero attached hydrogens (tertiary/aromatic N) is 2. The minimum atomic E-state index is 0.569. The minimum absolute atomic E-state index is 0.569. The highest BCUT2D eigenvalue weighted by atomic mass is 15.1. The molecule has 0 unspecified atom stereocenters. The number of rotatable bonds is 3. The summed E-state index contributed by atoms with van der Waals surface area (Å²) < 4.78 is 0. The highest BCUT2D eigenvalue weighted by Crippen LogP contribution is 2.28. The molecule has 3 heteroatoms. The lowest BCUT2D eigenvalue weighted by atomic mass is 9.94. The van der Waals surface area contributed by atoms with E-state index in [1.807, 2.05) is 13.1 Å². The van der Waals surface area contributed by atoms with Gasteiger partial charge in [-0.25, -0.2) is 0 Å². The van der Waals surface area contributed by atoms with Crippen molar-refractivity contribution in [3.8, 4) is 0 Å². The molecular formula is C14H23N3. The Bertz CT molecular complexity index is 370. The molecule has 1 heterocycles. The molecule has 1 aromatic heterocycles. The molecule has 94 valence electrons. The quantitative estimate of drug-likeness (QED) is 0.872. The van der Waals surface area contributed by atoms with Gasteiger partial charge in [0.25, 0.3) is 0 Å². The average Bonchev–Trinajstić information content (AvgIpc) is 2.39. The molecular weight excluding hydrogens is 210 g/mol. The third kappa shape index (κ3) is 2.78. The van der Waals surface area contributed by atoms with Gasteiger partial charge in [-0.05, 0) is 25.8 Å². The fourth-order valence-corrected chi connectivity index (χ4v) is 2.72. The highest BCUT2D eigenvalue weighted by molar-refractivity contribution is 5.53. The highest BCUT2D eigenvalue weighted by Gasteiger charge is 2.20. The Morgan fingerprint density at radius 3 is 2.71 bits per heavy atom. The SMILES string of the molecule is Cc1cc(N(C)C2CCCCC2)c(CN)cn1. The Kier molecular flexibility index (Phi) is 4.00. The number of hydrogen-bond acceptors (Lipinski definition) is 3. The average molecular weight is 233 g/mol. The Morgan fingerprint density at radius 1 is 1.35 bits per heavy atom. The van der Waals surface area contributed by atoms with E-state index in [1.54, 1.807) is 0 Å². The summed E-state index contributed by atoms with van der Waals surface area (Å²) in [5, 5.41) is 0. The predicted molar refractivity (Wildman–Crippen MR) is 72.1 cm³/mol. The van der Waals surface area contributed by atoms with E-state index >= 15 is 0 Å². The first kappa shape index (κ1) is 12.4. The third-order valence-electron chi connectivity index (χ3n) is 3.82. The van der Waals surface area contributed by atoms with Gasteiger partial charge in [0.2, 0.25) is 0 Å². The summed E-state index contributed by atoms with van der Waals surface area (Å²) in [4.78, 5) is 6.74. The van der Waals surface area contributed by atoms with Gasteiger partial charge in [0.1, 0.15) is 0 Å². The van der Waals surface area contributed by atoms with E-state index in [0.717, 1.165) is 11.3 Å². The molecule has 1 aliphatic carbocycles. The summed E-state index contributed by atoms with van der Waals surface area (Å²) in [5.41, 5.74) is 9.30. The molecule has 0 atom stereocenters. The summed E-state index contributed by atoms with van der Waals surface area (Å²) in [6.45, 7) is 2.61. The van der Waals surface area contributed by atoms with Crippen LogP contribution in [0, 0.1) is 6.92 Å². The Balaban J connectivity index is 2.21. The van der Waals surface area contributed by atoms with Crippen molar-refractivity contribution in [2.75, 3.05) is 11.9 Å². The molecule has 1 fully saturated rings. The van der Waals surface area contributed by atoms with E-state index in [0.29, 0.717) is 12.6 Å². The molecule has 2 N–H and O–H groups in total. The zero-order valence-electron chi connectivity index (χ0n) is 10.9. The first-order valence-electron chi connectivity index (χ1n) is 6.61. The lowest BCUT2D eigenvalue weighted by Crippen LogP contribution is -2.34. The number of aromatic nitrogens is 1. The number of aryl methyl sites for hydroxylation is 1. The van der Waals surface area contributed by atoms with Crippen LogP contribution in [-0.2, 0) is 6.54 Å². The summed E-state index contributed by atoms with van der Waals surface area (Å²) in [7, 11) is 2.20. The molecule has 1 aromatic rings. The molecule has 0 radical (unpaired) electrons. The number of anilines is 1. The van der Waals surface area contributed by atoms with Crippen molar-refractivity contribution in [1.82, 2.24) is 4.98 Å². The topological polar surface area (TPSA) is 42.1 Å². The maximum absolute atomic E-state index is 5.80. The predicted octanol–water partition coefficient (Wildman–Crippen LogP) is 2.62. The summed E-state index contributed by atoms with van der Waals surface area (Å²) in [6, 6.07) is 2.84. The molecule has 0 spiro atoms. The lowest BCUT2D eigenvalue weighted by Gasteiger charge is -2.34. The second-order valence-electron chi connectivity index (χ2n) is 5.06. The van der Waals surface area contributed by atoms with Crippen molar-refractivity contribution in [1.29, 1.82) is 0 Å². The Labute approximate surface area is 104 Å². The number of hydrogen-bond donors (Lipinski definition) is 1. The van der Waals surface area contributed by atoms with Gasteiger partial charge >= 0.3 is 0 Å². The van der Waals surface area contributed by atoms with Crippen molar-refractivity contribution in [3.63, 3.8) is 0 Å². The van der Waals surface area contributed by atoms with Gasteiger partial charge in [0.15, 0.2) is 0 Å². The molecule has 0 aromatic carbocycles. The van der Waals surface area contributed by atoms with Crippen LogP contribution in [0.4, 0.5) is 5.69 Å². The van der Waals surface area contributed by atoms with Gasteiger partial charge in [0.05, 0.1) is 0 Å². The van der Waals surface area contributed by atoms with Crippen LogP contribution in [0.5, 0.6) is 0 Å². The second kappa shape index (κ2) is 5.50. The number of nitrogens with two attached hydrogens (primary N) is 1. The van der Waals surface area contributed by atoms with Gasteiger partial charge in [-0.15, -0.1) is 0 Å². The van der Waals surface area contributed by atoms with Crippen LogP contribution >= 0.6 is 0 Å². The van der Waals surface area contributed by atoms with Crippen LogP contribution in [0.15, 0.2) is 12.3 Å². The molecule has 0 amide bonds. The molecule has 0 aliphatic heterocycles. The van der Waals surface area contributed by atoms with Crippen LogP contribution in [0.2, 0.25) is 0 Å². The van der Waals surface area contributed by atoms with E-state index < -0.39 is 0 Å². The Hall–Kier alpha value is -1.09. The summed E-state index contributed by atoms with van der Waals surface area (Å²) in [6.07, 6.45) is 8.64. The molecule has 3 nitrogen and oxygen atoms in total. The van der Waals surface area contributed by atoms with Crippen LogP contribution in [0.25, 0.3) is 0 Å². The van der Waals surface area contributed by atoms with Crippen molar-refractivity contribution >= 4 is 5.69 Å². The van der Waals surface area contributed by atoms with Crippen molar-refractivity contribution < 1.29 is 0 Å². The van der Waals surface area contributed by atoms with Gasteiger partial charge in [-0.1, -0.05) is 19.3 Å². The van der Waals surface area contributed by atoms with Crippen LogP contribution in [0.1, 0.15) is 43.4 Å². The standard InChI is InChI=1S/C14H23N3/c1-11-8-14(12(9-15)10-16-11)17(2)13-6-4-3-5-7-13/h8,10,13H,3-7,9,15H2,1-2H3. The van der Waals surface area contributed by atoms with Gasteiger partial charge in [-0.2, -0.15) is 0 Å². The van der Waals surface area contributed by atoms with E-state index in [-0.39, 0.29) is 0 Å². The maximum atomic E-state index is 5.80. The fraction of sp³-hybridized carbons (Fsp3) is 0.643.